The summed E-state index contributed by atoms with van der Waals surface area (Å²) in [6.45, 7) is 4.93. The maximum absolute atomic E-state index is 12.3. The summed E-state index contributed by atoms with van der Waals surface area (Å²) < 4.78 is 10.8. The van der Waals surface area contributed by atoms with Crippen molar-refractivity contribution in [3.05, 3.63) is 11.6 Å². The zero-order chi connectivity index (χ0) is 15.4. The lowest BCUT2D eigenvalue weighted by Crippen LogP contribution is -2.66. The van der Waals surface area contributed by atoms with Crippen LogP contribution in [-0.2, 0) is 19.1 Å². The van der Waals surface area contributed by atoms with Crippen LogP contribution in [0.25, 0.3) is 0 Å². The summed E-state index contributed by atoms with van der Waals surface area (Å²) in [6, 6.07) is 0. The summed E-state index contributed by atoms with van der Waals surface area (Å²) in [5, 5.41) is 21.7. The molecule has 0 aromatic rings. The average molecular weight is 294 g/mol. The zero-order valence-corrected chi connectivity index (χ0v) is 12.1. The number of esters is 2. The lowest BCUT2D eigenvalue weighted by Gasteiger charge is -2.52. The monoisotopic (exact) mass is 294 g/mol. The number of fused-ring (bicyclic) bond motifs is 4. The number of carbonyl (C=O) groups excluding carboxylic acids is 2. The van der Waals surface area contributed by atoms with E-state index in [-0.39, 0.29) is 6.42 Å². The molecule has 6 atom stereocenters. The van der Waals surface area contributed by atoms with E-state index >= 15 is 0 Å². The van der Waals surface area contributed by atoms with Gasteiger partial charge >= 0.3 is 11.9 Å². The van der Waals surface area contributed by atoms with Gasteiger partial charge in [-0.3, -0.25) is 4.79 Å². The Morgan fingerprint density at radius 1 is 1.33 bits per heavy atom. The van der Waals surface area contributed by atoms with Crippen LogP contribution in [0.5, 0.6) is 0 Å². The third-order valence-corrected chi connectivity index (χ3v) is 5.95. The Bertz CT molecular complexity index is 602. The molecule has 2 aliphatic carbocycles. The maximum Gasteiger partial charge on any atom is 0.334 e. The van der Waals surface area contributed by atoms with Crippen LogP contribution in [-0.4, -0.2) is 45.6 Å². The fraction of sp³-hybridized carbons (Fsp3) is 0.733. The van der Waals surface area contributed by atoms with Crippen LogP contribution in [0, 0.1) is 17.3 Å². The molecule has 0 spiro atoms. The molecule has 4 rings (SSSR count). The highest BCUT2D eigenvalue weighted by Gasteiger charge is 2.79. The van der Waals surface area contributed by atoms with Gasteiger partial charge in [0.15, 0.2) is 6.10 Å². The summed E-state index contributed by atoms with van der Waals surface area (Å²) in [7, 11) is 0. The first kappa shape index (κ1) is 13.3. The van der Waals surface area contributed by atoms with Gasteiger partial charge in [-0.2, -0.15) is 0 Å². The van der Waals surface area contributed by atoms with Gasteiger partial charge in [0.25, 0.3) is 0 Å². The van der Waals surface area contributed by atoms with Crippen LogP contribution in [0.3, 0.4) is 0 Å². The molecule has 6 heteroatoms. The molecule has 0 unspecified atom stereocenters. The van der Waals surface area contributed by atoms with Crippen molar-refractivity contribution in [2.45, 2.75) is 50.6 Å². The number of ether oxygens (including phenoxy) is 2. The number of carbonyl (C=O) groups is 2. The van der Waals surface area contributed by atoms with Gasteiger partial charge in [0.2, 0.25) is 0 Å². The van der Waals surface area contributed by atoms with Crippen LogP contribution in [0.15, 0.2) is 11.6 Å². The smallest absolute Gasteiger partial charge is 0.334 e. The number of rotatable bonds is 1. The molecule has 0 aromatic carbocycles. The van der Waals surface area contributed by atoms with Crippen molar-refractivity contribution in [1.82, 2.24) is 0 Å². The molecule has 1 saturated carbocycles. The van der Waals surface area contributed by atoms with Crippen LogP contribution >= 0.6 is 0 Å². The van der Waals surface area contributed by atoms with E-state index in [1.807, 2.05) is 0 Å². The zero-order valence-electron chi connectivity index (χ0n) is 12.1. The molecule has 21 heavy (non-hydrogen) atoms. The Kier molecular flexibility index (Phi) is 2.10. The first-order valence-corrected chi connectivity index (χ1v) is 7.19. The molecule has 114 valence electrons. The topological polar surface area (TPSA) is 93.1 Å². The van der Waals surface area contributed by atoms with Gasteiger partial charge < -0.3 is 19.7 Å². The maximum atomic E-state index is 12.3. The second-order valence-corrected chi connectivity index (χ2v) is 7.33. The van der Waals surface area contributed by atoms with E-state index in [2.05, 4.69) is 0 Å². The van der Waals surface area contributed by atoms with Crippen molar-refractivity contribution >= 4 is 11.9 Å². The normalized spacial score (nSPS) is 50.6. The van der Waals surface area contributed by atoms with Crippen LogP contribution < -0.4 is 0 Å². The standard InChI is InChI=1S/C15H18O6/c1-13(2,18)7-8-12(17)20-9(7)10-14(3)6(11(16)21-10)4-5-15(8,14)19/h4,7-10,18-19H,5H2,1-3H3/t7-,8+,9+,10+,14+,15+/m0/s1. The largest absolute Gasteiger partial charge is 0.458 e. The van der Waals surface area contributed by atoms with Crippen LogP contribution in [0.1, 0.15) is 27.2 Å². The molecule has 0 radical (unpaired) electrons. The van der Waals surface area contributed by atoms with Gasteiger partial charge in [-0.05, 0) is 27.2 Å². The van der Waals surface area contributed by atoms with Gasteiger partial charge in [0.05, 0.1) is 22.5 Å². The highest BCUT2D eigenvalue weighted by Crippen LogP contribution is 2.66. The second kappa shape index (κ2) is 3.33. The predicted molar refractivity (Wildman–Crippen MR) is 68.8 cm³/mol. The summed E-state index contributed by atoms with van der Waals surface area (Å²) in [5.41, 5.74) is -3.20. The summed E-state index contributed by atoms with van der Waals surface area (Å²) in [5.74, 6) is -2.44. The van der Waals surface area contributed by atoms with Gasteiger partial charge in [-0.25, -0.2) is 4.79 Å². The van der Waals surface area contributed by atoms with E-state index in [1.165, 1.54) is 0 Å². The highest BCUT2D eigenvalue weighted by atomic mass is 16.6. The molecule has 4 aliphatic rings. The Balaban J connectivity index is 1.95. The van der Waals surface area contributed by atoms with E-state index in [1.54, 1.807) is 26.8 Å². The van der Waals surface area contributed by atoms with Gasteiger partial charge in [-0.15, -0.1) is 0 Å². The van der Waals surface area contributed by atoms with Gasteiger partial charge in [0.1, 0.15) is 6.10 Å². The minimum Gasteiger partial charge on any atom is -0.458 e. The SMILES string of the molecule is CC(C)(O)[C@@H]1[C@H]2OC(=O)[C@@H]1[C@]1(O)CC=C3C(=O)O[C@H]2[C@@]31C. The lowest BCUT2D eigenvalue weighted by atomic mass is 9.53. The van der Waals surface area contributed by atoms with Crippen LogP contribution in [0.4, 0.5) is 0 Å². The third kappa shape index (κ3) is 1.19. The molecule has 2 saturated heterocycles. The molecule has 0 amide bonds. The Morgan fingerprint density at radius 3 is 2.62 bits per heavy atom. The summed E-state index contributed by atoms with van der Waals surface area (Å²) in [4.78, 5) is 24.4. The number of aliphatic hydroxyl groups is 2. The van der Waals surface area contributed by atoms with Gasteiger partial charge in [-0.1, -0.05) is 6.08 Å². The van der Waals surface area contributed by atoms with Crippen molar-refractivity contribution in [3.8, 4) is 0 Å². The quantitative estimate of drug-likeness (QED) is 0.657. The van der Waals surface area contributed by atoms with Crippen LogP contribution in [0.2, 0.25) is 0 Å². The first-order chi connectivity index (χ1) is 9.62. The third-order valence-electron chi connectivity index (χ3n) is 5.95. The first-order valence-electron chi connectivity index (χ1n) is 7.19. The van der Waals surface area contributed by atoms with E-state index < -0.39 is 52.6 Å². The highest BCUT2D eigenvalue weighted by molar-refractivity contribution is 5.95. The molecular formula is C15H18O6. The van der Waals surface area contributed by atoms with E-state index in [0.717, 1.165) is 0 Å². The Labute approximate surface area is 121 Å². The number of hydrogen-bond donors (Lipinski definition) is 2. The molecule has 6 nitrogen and oxygen atoms in total. The molecule has 2 bridgehead atoms. The van der Waals surface area contributed by atoms with Crippen molar-refractivity contribution in [1.29, 1.82) is 0 Å². The van der Waals surface area contributed by atoms with Crippen molar-refractivity contribution < 1.29 is 29.3 Å². The molecule has 0 aromatic heterocycles. The van der Waals surface area contributed by atoms with Crippen molar-refractivity contribution in [3.63, 3.8) is 0 Å². The minimum absolute atomic E-state index is 0.198. The number of hydrogen-bond acceptors (Lipinski definition) is 6. The molecular weight excluding hydrogens is 276 g/mol. The molecule has 2 aliphatic heterocycles. The second-order valence-electron chi connectivity index (χ2n) is 7.33. The summed E-state index contributed by atoms with van der Waals surface area (Å²) >= 11 is 0. The predicted octanol–water partition coefficient (Wildman–Crippen LogP) is -0.0784. The fourth-order valence-electron chi connectivity index (χ4n) is 4.92. The van der Waals surface area contributed by atoms with E-state index in [0.29, 0.717) is 5.57 Å². The molecule has 2 heterocycles. The lowest BCUT2D eigenvalue weighted by molar-refractivity contribution is -0.204. The van der Waals surface area contributed by atoms with E-state index in [4.69, 9.17) is 9.47 Å². The summed E-state index contributed by atoms with van der Waals surface area (Å²) in [6.07, 6.45) is 0.393. The van der Waals surface area contributed by atoms with Crippen molar-refractivity contribution in [2.75, 3.05) is 0 Å². The van der Waals surface area contributed by atoms with E-state index in [9.17, 15) is 19.8 Å². The molecule has 3 fully saturated rings. The Morgan fingerprint density at radius 2 is 2.00 bits per heavy atom. The molecule has 2 N–H and O–H groups in total. The average Bonchev–Trinajstić information content (AvgIpc) is 2.90. The van der Waals surface area contributed by atoms with Crippen molar-refractivity contribution in [2.24, 2.45) is 17.3 Å². The van der Waals surface area contributed by atoms with Gasteiger partial charge in [0, 0.05) is 11.5 Å². The minimum atomic E-state index is -1.45. The fourth-order valence-corrected chi connectivity index (χ4v) is 4.92. The Hall–Kier alpha value is -1.40.